The molecule has 0 aliphatic rings. The first kappa shape index (κ1) is 22.4. The van der Waals surface area contributed by atoms with E-state index in [4.69, 9.17) is 17.0 Å². The van der Waals surface area contributed by atoms with E-state index in [1.54, 1.807) is 0 Å². The highest BCUT2D eigenvalue weighted by Crippen LogP contribution is 2.34. The first-order valence-corrected chi connectivity index (χ1v) is 10.9. The van der Waals surface area contributed by atoms with Gasteiger partial charge in [0, 0.05) is 4.88 Å². The summed E-state index contributed by atoms with van der Waals surface area (Å²) in [6, 6.07) is 8.76. The minimum Gasteiger partial charge on any atom is -0.465 e. The van der Waals surface area contributed by atoms with Gasteiger partial charge in [-0.15, -0.1) is 11.3 Å². The molecule has 6 heteroatoms. The molecule has 1 atom stereocenters. The maximum absolute atomic E-state index is 12.3. The smallest absolute Gasteiger partial charge is 0.341 e. The summed E-state index contributed by atoms with van der Waals surface area (Å²) in [6.45, 7) is 10.6. The number of thiophene rings is 1. The van der Waals surface area contributed by atoms with Gasteiger partial charge in [0.25, 0.3) is 0 Å². The molecule has 1 heterocycles. The third kappa shape index (κ3) is 5.11. The van der Waals surface area contributed by atoms with Crippen molar-refractivity contribution in [3.8, 4) is 0 Å². The van der Waals surface area contributed by atoms with E-state index in [9.17, 15) is 4.79 Å². The number of hydrogen-bond acceptors (Lipinski definition) is 4. The molecule has 2 rings (SSSR count). The Kier molecular flexibility index (Phi) is 8.01. The van der Waals surface area contributed by atoms with E-state index in [2.05, 4.69) is 55.7 Å². The Morgan fingerprint density at radius 1 is 1.18 bits per heavy atom. The SMILES string of the molecule is CCc1c(C)sc(NC(=S)NC(CC)c2ccc(C(C)C)cc2)c1C(=O)OC. The van der Waals surface area contributed by atoms with Crippen LogP contribution in [0.2, 0.25) is 0 Å². The number of esters is 1. The standard InChI is InChI=1S/C22H30N2O2S2/c1-7-17-14(5)28-20(19(17)21(25)26-6)24-22(27)23-18(8-2)16-11-9-15(10-12-16)13(3)4/h9-13,18H,7-8H2,1-6H3,(H2,23,24,27). The summed E-state index contributed by atoms with van der Waals surface area (Å²) in [7, 11) is 1.41. The second kappa shape index (κ2) is 10.0. The molecular formula is C22H30N2O2S2. The molecule has 0 aliphatic carbocycles. The van der Waals surface area contributed by atoms with E-state index in [0.717, 1.165) is 28.3 Å². The average Bonchev–Trinajstić information content (AvgIpc) is 3.00. The molecule has 0 spiro atoms. The van der Waals surface area contributed by atoms with E-state index < -0.39 is 0 Å². The molecule has 0 fully saturated rings. The fourth-order valence-electron chi connectivity index (χ4n) is 3.24. The number of aryl methyl sites for hydroxylation is 1. The summed E-state index contributed by atoms with van der Waals surface area (Å²) >= 11 is 7.08. The lowest BCUT2D eigenvalue weighted by Gasteiger charge is -2.20. The van der Waals surface area contributed by atoms with E-state index in [-0.39, 0.29) is 12.0 Å². The van der Waals surface area contributed by atoms with Crippen molar-refractivity contribution in [3.63, 3.8) is 0 Å². The van der Waals surface area contributed by atoms with Crippen molar-refractivity contribution in [3.05, 3.63) is 51.4 Å². The van der Waals surface area contributed by atoms with Gasteiger partial charge in [-0.3, -0.25) is 0 Å². The highest BCUT2D eigenvalue weighted by molar-refractivity contribution is 7.80. The maximum Gasteiger partial charge on any atom is 0.341 e. The van der Waals surface area contributed by atoms with Gasteiger partial charge in [-0.05, 0) is 54.6 Å². The minimum absolute atomic E-state index is 0.106. The molecule has 1 aromatic carbocycles. The molecule has 0 radical (unpaired) electrons. The van der Waals surface area contributed by atoms with Crippen molar-refractivity contribution in [2.75, 3.05) is 12.4 Å². The lowest BCUT2D eigenvalue weighted by atomic mass is 9.98. The monoisotopic (exact) mass is 418 g/mol. The van der Waals surface area contributed by atoms with Crippen LogP contribution in [0.1, 0.15) is 78.0 Å². The van der Waals surface area contributed by atoms with Crippen LogP contribution in [0.15, 0.2) is 24.3 Å². The summed E-state index contributed by atoms with van der Waals surface area (Å²) in [5.41, 5.74) is 4.12. The number of carbonyl (C=O) groups excluding carboxylic acids is 1. The van der Waals surface area contributed by atoms with Gasteiger partial charge in [-0.2, -0.15) is 0 Å². The Hall–Kier alpha value is -1.92. The molecular weight excluding hydrogens is 388 g/mol. The van der Waals surface area contributed by atoms with Crippen molar-refractivity contribution < 1.29 is 9.53 Å². The van der Waals surface area contributed by atoms with Gasteiger partial charge < -0.3 is 15.4 Å². The Morgan fingerprint density at radius 3 is 2.29 bits per heavy atom. The molecule has 0 bridgehead atoms. The fraction of sp³-hybridized carbons (Fsp3) is 0.455. The summed E-state index contributed by atoms with van der Waals surface area (Å²) in [5.74, 6) is 0.180. The van der Waals surface area contributed by atoms with Crippen molar-refractivity contribution in [2.24, 2.45) is 0 Å². The number of nitrogens with one attached hydrogen (secondary N) is 2. The van der Waals surface area contributed by atoms with Crippen LogP contribution in [-0.4, -0.2) is 18.2 Å². The number of hydrogen-bond donors (Lipinski definition) is 2. The van der Waals surface area contributed by atoms with Gasteiger partial charge in [-0.25, -0.2) is 4.79 Å². The van der Waals surface area contributed by atoms with Crippen molar-refractivity contribution in [1.29, 1.82) is 0 Å². The summed E-state index contributed by atoms with van der Waals surface area (Å²) in [5, 5.41) is 7.86. The maximum atomic E-state index is 12.3. The average molecular weight is 419 g/mol. The number of benzene rings is 1. The van der Waals surface area contributed by atoms with Crippen LogP contribution in [-0.2, 0) is 11.2 Å². The van der Waals surface area contributed by atoms with E-state index in [1.165, 1.54) is 29.6 Å². The number of methoxy groups -OCH3 is 1. The van der Waals surface area contributed by atoms with Crippen molar-refractivity contribution >= 4 is 39.6 Å². The summed E-state index contributed by atoms with van der Waals surface area (Å²) in [4.78, 5) is 13.4. The number of thiocarbonyl (C=S) groups is 1. The molecule has 0 saturated heterocycles. The van der Waals surface area contributed by atoms with Gasteiger partial charge in [-0.1, -0.05) is 52.0 Å². The lowest BCUT2D eigenvalue weighted by molar-refractivity contribution is 0.0601. The number of carbonyl (C=O) groups is 1. The topological polar surface area (TPSA) is 50.4 Å². The molecule has 0 aliphatic heterocycles. The van der Waals surface area contributed by atoms with E-state index >= 15 is 0 Å². The largest absolute Gasteiger partial charge is 0.465 e. The van der Waals surface area contributed by atoms with Crippen LogP contribution in [0.25, 0.3) is 0 Å². The molecule has 4 nitrogen and oxygen atoms in total. The Morgan fingerprint density at radius 2 is 1.79 bits per heavy atom. The highest BCUT2D eigenvalue weighted by Gasteiger charge is 2.23. The third-order valence-corrected chi connectivity index (χ3v) is 6.18. The summed E-state index contributed by atoms with van der Waals surface area (Å²) < 4.78 is 4.98. The molecule has 1 unspecified atom stereocenters. The third-order valence-electron chi connectivity index (χ3n) is 4.90. The van der Waals surface area contributed by atoms with Crippen LogP contribution in [0.3, 0.4) is 0 Å². The lowest BCUT2D eigenvalue weighted by Crippen LogP contribution is -2.32. The summed E-state index contributed by atoms with van der Waals surface area (Å²) in [6.07, 6.45) is 1.67. The first-order chi connectivity index (χ1) is 13.3. The second-order valence-electron chi connectivity index (χ2n) is 7.07. The van der Waals surface area contributed by atoms with E-state index in [1.807, 2.05) is 13.8 Å². The van der Waals surface area contributed by atoms with Gasteiger partial charge in [0.15, 0.2) is 5.11 Å². The van der Waals surface area contributed by atoms with E-state index in [0.29, 0.717) is 16.6 Å². The quantitative estimate of drug-likeness (QED) is 0.429. The molecule has 2 N–H and O–H groups in total. The normalized spacial score (nSPS) is 12.0. The fourth-order valence-corrected chi connectivity index (χ4v) is 4.69. The minimum atomic E-state index is -0.331. The second-order valence-corrected chi connectivity index (χ2v) is 8.70. The van der Waals surface area contributed by atoms with Gasteiger partial charge >= 0.3 is 5.97 Å². The number of ether oxygens (including phenoxy) is 1. The Labute approximate surface area is 177 Å². The zero-order valence-corrected chi connectivity index (χ0v) is 19.1. The van der Waals surface area contributed by atoms with Gasteiger partial charge in [0.05, 0.1) is 18.7 Å². The predicted molar refractivity (Wildman–Crippen MR) is 123 cm³/mol. The molecule has 152 valence electrons. The van der Waals surface area contributed by atoms with Crippen molar-refractivity contribution in [2.45, 2.75) is 59.4 Å². The zero-order chi connectivity index (χ0) is 20.8. The van der Waals surface area contributed by atoms with Gasteiger partial charge in [0.2, 0.25) is 0 Å². The first-order valence-electron chi connectivity index (χ1n) is 9.70. The molecule has 28 heavy (non-hydrogen) atoms. The molecule has 0 amide bonds. The van der Waals surface area contributed by atoms with Crippen molar-refractivity contribution in [1.82, 2.24) is 5.32 Å². The van der Waals surface area contributed by atoms with Crippen LogP contribution in [0.5, 0.6) is 0 Å². The van der Waals surface area contributed by atoms with Gasteiger partial charge in [0.1, 0.15) is 5.00 Å². The van der Waals surface area contributed by atoms with Crippen LogP contribution >= 0.6 is 23.6 Å². The predicted octanol–water partition coefficient (Wildman–Crippen LogP) is 5.97. The molecule has 0 saturated carbocycles. The van der Waals surface area contributed by atoms with Crippen LogP contribution in [0, 0.1) is 6.92 Å². The number of anilines is 1. The highest BCUT2D eigenvalue weighted by atomic mass is 32.1. The van der Waals surface area contributed by atoms with Crippen LogP contribution in [0.4, 0.5) is 5.00 Å². The number of rotatable bonds is 7. The van der Waals surface area contributed by atoms with Crippen LogP contribution < -0.4 is 10.6 Å². The Balaban J connectivity index is 2.17. The molecule has 2 aromatic rings. The Bertz CT molecular complexity index is 826. The molecule has 1 aromatic heterocycles. The zero-order valence-electron chi connectivity index (χ0n) is 17.5.